The highest BCUT2D eigenvalue weighted by Gasteiger charge is 2.41. The van der Waals surface area contributed by atoms with E-state index in [1.54, 1.807) is 0 Å². The third kappa shape index (κ3) is 1.70. The summed E-state index contributed by atoms with van der Waals surface area (Å²) in [6, 6.07) is 3.33. The average Bonchev–Trinajstić information content (AvgIpc) is 2.37. The second-order valence-electron chi connectivity index (χ2n) is 5.51. The van der Waals surface area contributed by atoms with Gasteiger partial charge >= 0.3 is 0 Å². The summed E-state index contributed by atoms with van der Waals surface area (Å²) in [5, 5.41) is 0. The lowest BCUT2D eigenvalue weighted by atomic mass is 9.95. The van der Waals surface area contributed by atoms with Crippen LogP contribution in [0, 0.1) is 0 Å². The first kappa shape index (κ1) is 10.4. The van der Waals surface area contributed by atoms with Gasteiger partial charge in [0, 0.05) is 24.2 Å². The average molecular weight is 196 g/mol. The van der Waals surface area contributed by atoms with E-state index in [1.807, 2.05) is 0 Å². The molecule has 2 bridgehead atoms. The van der Waals surface area contributed by atoms with E-state index in [2.05, 4.69) is 37.7 Å². The highest BCUT2D eigenvalue weighted by atomic mass is 15.3. The van der Waals surface area contributed by atoms with Gasteiger partial charge in [-0.15, -0.1) is 0 Å². The number of hydrogen-bond acceptors (Lipinski definition) is 2. The van der Waals surface area contributed by atoms with Crippen molar-refractivity contribution < 1.29 is 0 Å². The molecule has 0 aromatic rings. The number of rotatable bonds is 2. The molecular weight excluding hydrogens is 172 g/mol. The Hall–Kier alpha value is -0.0800. The van der Waals surface area contributed by atoms with Gasteiger partial charge in [0.15, 0.2) is 0 Å². The number of hydrogen-bond donors (Lipinski definition) is 0. The molecule has 0 aliphatic carbocycles. The highest BCUT2D eigenvalue weighted by molar-refractivity contribution is 4.98. The van der Waals surface area contributed by atoms with E-state index in [0.29, 0.717) is 0 Å². The van der Waals surface area contributed by atoms with Crippen LogP contribution in [-0.2, 0) is 0 Å². The zero-order valence-electron chi connectivity index (χ0n) is 10.0. The van der Waals surface area contributed by atoms with E-state index in [9.17, 15) is 0 Å². The first-order chi connectivity index (χ1) is 6.59. The Morgan fingerprint density at radius 3 is 1.93 bits per heavy atom. The Labute approximate surface area is 88.3 Å². The smallest absolute Gasteiger partial charge is 0.0119 e. The molecule has 2 rings (SSSR count). The van der Waals surface area contributed by atoms with Crippen LogP contribution in [0.2, 0.25) is 0 Å². The number of nitrogens with zero attached hydrogens (tertiary/aromatic N) is 2. The minimum absolute atomic E-state index is 0.746. The van der Waals surface area contributed by atoms with Crippen molar-refractivity contribution in [3.05, 3.63) is 0 Å². The van der Waals surface area contributed by atoms with E-state index in [-0.39, 0.29) is 0 Å². The molecule has 0 aromatic heterocycles. The van der Waals surface area contributed by atoms with E-state index in [4.69, 9.17) is 0 Å². The van der Waals surface area contributed by atoms with Crippen LogP contribution in [0.25, 0.3) is 0 Å². The van der Waals surface area contributed by atoms with Crippen LogP contribution in [0.5, 0.6) is 0 Å². The summed E-state index contributed by atoms with van der Waals surface area (Å²) in [5.74, 6) is 0. The van der Waals surface area contributed by atoms with E-state index in [0.717, 1.165) is 24.2 Å². The molecule has 2 saturated heterocycles. The minimum atomic E-state index is 0.746. The molecule has 0 radical (unpaired) electrons. The topological polar surface area (TPSA) is 6.48 Å². The molecule has 0 spiro atoms. The molecule has 2 aliphatic rings. The van der Waals surface area contributed by atoms with Crippen molar-refractivity contribution in [1.29, 1.82) is 0 Å². The first-order valence-corrected chi connectivity index (χ1v) is 6.03. The van der Waals surface area contributed by atoms with Gasteiger partial charge < -0.3 is 4.90 Å². The maximum Gasteiger partial charge on any atom is 0.0119 e. The molecule has 2 aliphatic heterocycles. The summed E-state index contributed by atoms with van der Waals surface area (Å²) in [5.41, 5.74) is 0. The van der Waals surface area contributed by atoms with Crippen molar-refractivity contribution in [3.8, 4) is 0 Å². The highest BCUT2D eigenvalue weighted by Crippen LogP contribution is 2.38. The summed E-state index contributed by atoms with van der Waals surface area (Å²) in [4.78, 5) is 5.18. The lowest BCUT2D eigenvalue weighted by Crippen LogP contribution is -2.51. The van der Waals surface area contributed by atoms with Gasteiger partial charge in [0.25, 0.3) is 0 Å². The molecule has 2 fully saturated rings. The third-order valence-corrected chi connectivity index (χ3v) is 4.09. The lowest BCUT2D eigenvalue weighted by molar-refractivity contribution is 0.0568. The van der Waals surface area contributed by atoms with Crippen molar-refractivity contribution in [2.45, 2.75) is 63.7 Å². The molecule has 0 amide bonds. The van der Waals surface area contributed by atoms with Crippen molar-refractivity contribution in [1.82, 2.24) is 9.80 Å². The number of piperidine rings is 1. The van der Waals surface area contributed by atoms with Crippen LogP contribution in [0.1, 0.15) is 39.5 Å². The van der Waals surface area contributed by atoms with Gasteiger partial charge in [0.1, 0.15) is 0 Å². The normalized spacial score (nSPS) is 38.6. The monoisotopic (exact) mass is 196 g/mol. The Morgan fingerprint density at radius 2 is 1.57 bits per heavy atom. The lowest BCUT2D eigenvalue weighted by Gasteiger charge is -2.43. The fraction of sp³-hybridized carbons (Fsp3) is 1.00. The summed E-state index contributed by atoms with van der Waals surface area (Å²) >= 11 is 0. The van der Waals surface area contributed by atoms with Crippen LogP contribution < -0.4 is 0 Å². The van der Waals surface area contributed by atoms with Gasteiger partial charge in [0.05, 0.1) is 0 Å². The van der Waals surface area contributed by atoms with Crippen LogP contribution in [0.3, 0.4) is 0 Å². The van der Waals surface area contributed by atoms with Gasteiger partial charge in [-0.1, -0.05) is 0 Å². The molecule has 2 heterocycles. The predicted molar refractivity (Wildman–Crippen MR) is 60.5 cm³/mol. The molecule has 0 saturated carbocycles. The molecule has 0 aromatic carbocycles. The largest absolute Gasteiger partial charge is 0.306 e. The van der Waals surface area contributed by atoms with Gasteiger partial charge in [-0.2, -0.15) is 0 Å². The molecule has 0 N–H and O–H groups in total. The molecule has 2 atom stereocenters. The molecule has 2 nitrogen and oxygen atoms in total. The SMILES string of the molecule is CC(C)N1C2CCC1CC(N(C)C)C2. The zero-order valence-corrected chi connectivity index (χ0v) is 10.0. The van der Waals surface area contributed by atoms with Crippen LogP contribution in [0.15, 0.2) is 0 Å². The molecular formula is C12H24N2. The van der Waals surface area contributed by atoms with Crippen LogP contribution in [0.4, 0.5) is 0 Å². The molecule has 2 unspecified atom stereocenters. The summed E-state index contributed by atoms with van der Waals surface area (Å²) < 4.78 is 0. The Morgan fingerprint density at radius 1 is 1.07 bits per heavy atom. The first-order valence-electron chi connectivity index (χ1n) is 6.03. The Kier molecular flexibility index (Phi) is 2.85. The fourth-order valence-corrected chi connectivity index (χ4v) is 3.45. The van der Waals surface area contributed by atoms with Crippen molar-refractivity contribution >= 4 is 0 Å². The fourth-order valence-electron chi connectivity index (χ4n) is 3.45. The summed E-state index contributed by atoms with van der Waals surface area (Å²) in [7, 11) is 4.46. The van der Waals surface area contributed by atoms with Crippen molar-refractivity contribution in [2.75, 3.05) is 14.1 Å². The minimum Gasteiger partial charge on any atom is -0.306 e. The van der Waals surface area contributed by atoms with E-state index < -0.39 is 0 Å². The zero-order chi connectivity index (χ0) is 10.3. The van der Waals surface area contributed by atoms with Gasteiger partial charge in [0.2, 0.25) is 0 Å². The van der Waals surface area contributed by atoms with Crippen molar-refractivity contribution in [2.24, 2.45) is 0 Å². The summed E-state index contributed by atoms with van der Waals surface area (Å²) in [6.45, 7) is 4.70. The van der Waals surface area contributed by atoms with Gasteiger partial charge in [-0.25, -0.2) is 0 Å². The van der Waals surface area contributed by atoms with Gasteiger partial charge in [-0.05, 0) is 53.6 Å². The maximum atomic E-state index is 2.76. The van der Waals surface area contributed by atoms with E-state index >= 15 is 0 Å². The second kappa shape index (κ2) is 3.82. The van der Waals surface area contributed by atoms with Crippen LogP contribution >= 0.6 is 0 Å². The van der Waals surface area contributed by atoms with Crippen LogP contribution in [-0.4, -0.2) is 48.1 Å². The van der Waals surface area contributed by atoms with Crippen molar-refractivity contribution in [3.63, 3.8) is 0 Å². The predicted octanol–water partition coefficient (Wildman–Crippen LogP) is 1.95. The number of fused-ring (bicyclic) bond motifs is 2. The third-order valence-electron chi connectivity index (χ3n) is 4.09. The quantitative estimate of drug-likeness (QED) is 0.666. The Balaban J connectivity index is 2.05. The standard InChI is InChI=1S/C12H24N2/c1-9(2)14-10-5-6-11(14)8-12(7-10)13(3)4/h9-12H,5-8H2,1-4H3. The maximum absolute atomic E-state index is 2.76. The van der Waals surface area contributed by atoms with Gasteiger partial charge in [-0.3, -0.25) is 4.90 Å². The Bertz CT molecular complexity index is 186. The summed E-state index contributed by atoms with van der Waals surface area (Å²) in [6.07, 6.45) is 5.66. The second-order valence-corrected chi connectivity index (χ2v) is 5.51. The van der Waals surface area contributed by atoms with E-state index in [1.165, 1.54) is 25.7 Å². The molecule has 82 valence electrons. The molecule has 2 heteroatoms. The molecule has 14 heavy (non-hydrogen) atoms.